The zero-order valence-electron chi connectivity index (χ0n) is 8.32. The van der Waals surface area contributed by atoms with Gasteiger partial charge >= 0.3 is 0 Å². The molecule has 2 atom stereocenters. The van der Waals surface area contributed by atoms with E-state index >= 15 is 0 Å². The smallest absolute Gasteiger partial charge is 0.125 e. The predicted molar refractivity (Wildman–Crippen MR) is 55.0 cm³/mol. The van der Waals surface area contributed by atoms with Gasteiger partial charge in [0.05, 0.1) is 12.6 Å². The fourth-order valence-electron chi connectivity index (χ4n) is 2.32. The van der Waals surface area contributed by atoms with E-state index in [1.807, 2.05) is 6.07 Å². The van der Waals surface area contributed by atoms with Gasteiger partial charge in [-0.3, -0.25) is 0 Å². The zero-order valence-corrected chi connectivity index (χ0v) is 8.32. The number of hydrogen-bond donors (Lipinski definition) is 1. The Morgan fingerprint density at radius 1 is 1.40 bits per heavy atom. The lowest BCUT2D eigenvalue weighted by molar-refractivity contribution is 0.0846. The third-order valence-electron chi connectivity index (χ3n) is 3.15. The van der Waals surface area contributed by atoms with Gasteiger partial charge in [0.25, 0.3) is 0 Å². The second kappa shape index (κ2) is 3.47. The topological polar surface area (TPSA) is 24.5 Å². The van der Waals surface area contributed by atoms with Crippen LogP contribution in [0.2, 0.25) is 0 Å². The van der Waals surface area contributed by atoms with Crippen LogP contribution < -0.4 is 10.4 Å². The molecule has 1 aromatic rings. The second-order valence-corrected chi connectivity index (χ2v) is 4.18. The number of nitrogens with zero attached hydrogens (tertiary/aromatic N) is 1. The molecule has 2 saturated heterocycles. The van der Waals surface area contributed by atoms with Gasteiger partial charge < -0.3 is 9.74 Å². The highest BCUT2D eigenvalue weighted by molar-refractivity contribution is 5.48. The molecule has 2 fully saturated rings. The molecular formula is C11H13FN2O. The summed E-state index contributed by atoms with van der Waals surface area (Å²) >= 11 is 0. The van der Waals surface area contributed by atoms with Crippen molar-refractivity contribution in [1.82, 2.24) is 5.48 Å². The lowest BCUT2D eigenvalue weighted by Crippen LogP contribution is -2.29. The Bertz CT molecular complexity index is 359. The van der Waals surface area contributed by atoms with Crippen LogP contribution in [0.25, 0.3) is 0 Å². The molecule has 3 nitrogen and oxygen atoms in total. The van der Waals surface area contributed by atoms with E-state index in [1.165, 1.54) is 6.07 Å². The van der Waals surface area contributed by atoms with Gasteiger partial charge in [-0.2, -0.15) is 5.48 Å². The summed E-state index contributed by atoms with van der Waals surface area (Å²) in [5, 5.41) is 0. The number of halogens is 1. The highest BCUT2D eigenvalue weighted by atomic mass is 19.1. The standard InChI is InChI=1S/C11H13FN2O/c12-9-2-1-3-10(4-9)14-5-8-7-15-13-11(8)6-14/h1-4,8,11,13H,5-7H2/t8-,11-/m1/s1. The summed E-state index contributed by atoms with van der Waals surface area (Å²) in [7, 11) is 0. The van der Waals surface area contributed by atoms with Crippen LogP contribution in [0.3, 0.4) is 0 Å². The minimum Gasteiger partial charge on any atom is -0.369 e. The highest BCUT2D eigenvalue weighted by Crippen LogP contribution is 2.27. The summed E-state index contributed by atoms with van der Waals surface area (Å²) in [4.78, 5) is 7.37. The van der Waals surface area contributed by atoms with Crippen molar-refractivity contribution < 1.29 is 9.23 Å². The lowest BCUT2D eigenvalue weighted by Gasteiger charge is -2.19. The Balaban J connectivity index is 1.79. The number of benzene rings is 1. The number of anilines is 1. The molecule has 1 N–H and O–H groups in total. The summed E-state index contributed by atoms with van der Waals surface area (Å²) < 4.78 is 13.0. The van der Waals surface area contributed by atoms with Gasteiger partial charge in [-0.15, -0.1) is 0 Å². The Labute approximate surface area is 87.8 Å². The van der Waals surface area contributed by atoms with Crippen LogP contribution in [0, 0.1) is 11.7 Å². The second-order valence-electron chi connectivity index (χ2n) is 4.18. The van der Waals surface area contributed by atoms with Crippen molar-refractivity contribution in [2.75, 3.05) is 24.6 Å². The number of hydrogen-bond acceptors (Lipinski definition) is 3. The van der Waals surface area contributed by atoms with Gasteiger partial charge in [0.1, 0.15) is 5.82 Å². The minimum atomic E-state index is -0.172. The Hall–Kier alpha value is -1.13. The Morgan fingerprint density at radius 2 is 2.33 bits per heavy atom. The molecule has 80 valence electrons. The van der Waals surface area contributed by atoms with E-state index in [4.69, 9.17) is 4.84 Å². The maximum atomic E-state index is 13.0. The first-order valence-electron chi connectivity index (χ1n) is 5.21. The molecule has 15 heavy (non-hydrogen) atoms. The quantitative estimate of drug-likeness (QED) is 0.749. The molecule has 3 rings (SSSR count). The summed E-state index contributed by atoms with van der Waals surface area (Å²) in [6.07, 6.45) is 0. The largest absolute Gasteiger partial charge is 0.369 e. The maximum Gasteiger partial charge on any atom is 0.125 e. The predicted octanol–water partition coefficient (Wildman–Crippen LogP) is 1.17. The molecule has 1 aromatic carbocycles. The fourth-order valence-corrected chi connectivity index (χ4v) is 2.32. The highest BCUT2D eigenvalue weighted by Gasteiger charge is 2.37. The van der Waals surface area contributed by atoms with Crippen LogP contribution in [0.1, 0.15) is 0 Å². The van der Waals surface area contributed by atoms with Gasteiger partial charge in [-0.1, -0.05) is 6.07 Å². The third kappa shape index (κ3) is 1.60. The molecule has 0 aromatic heterocycles. The van der Waals surface area contributed by atoms with E-state index in [2.05, 4.69) is 10.4 Å². The van der Waals surface area contributed by atoms with Crippen molar-refractivity contribution in [2.24, 2.45) is 5.92 Å². The molecule has 4 heteroatoms. The molecule has 2 aliphatic heterocycles. The normalized spacial score (nSPS) is 29.5. The van der Waals surface area contributed by atoms with Crippen molar-refractivity contribution in [2.45, 2.75) is 6.04 Å². The summed E-state index contributed by atoms with van der Waals surface area (Å²) in [6, 6.07) is 7.16. The zero-order chi connectivity index (χ0) is 10.3. The van der Waals surface area contributed by atoms with Crippen LogP contribution >= 0.6 is 0 Å². The van der Waals surface area contributed by atoms with Crippen LogP contribution in [0.5, 0.6) is 0 Å². The molecule has 0 radical (unpaired) electrons. The first-order chi connectivity index (χ1) is 7.33. The monoisotopic (exact) mass is 208 g/mol. The summed E-state index contributed by atoms with van der Waals surface area (Å²) in [5.41, 5.74) is 3.96. The van der Waals surface area contributed by atoms with Crippen molar-refractivity contribution in [3.05, 3.63) is 30.1 Å². The number of nitrogens with one attached hydrogen (secondary N) is 1. The molecule has 0 amide bonds. The summed E-state index contributed by atoms with van der Waals surface area (Å²) in [6.45, 7) is 2.60. The first-order valence-corrected chi connectivity index (χ1v) is 5.21. The van der Waals surface area contributed by atoms with E-state index in [0.717, 1.165) is 25.4 Å². The Morgan fingerprint density at radius 3 is 3.13 bits per heavy atom. The number of hydroxylamine groups is 1. The van der Waals surface area contributed by atoms with Crippen molar-refractivity contribution in [3.63, 3.8) is 0 Å². The van der Waals surface area contributed by atoms with Crippen LogP contribution in [0.15, 0.2) is 24.3 Å². The first kappa shape index (κ1) is 9.12. The molecular weight excluding hydrogens is 195 g/mol. The number of rotatable bonds is 1. The van der Waals surface area contributed by atoms with Crippen LogP contribution in [-0.2, 0) is 4.84 Å². The molecule has 0 spiro atoms. The lowest BCUT2D eigenvalue weighted by atomic mass is 10.1. The van der Waals surface area contributed by atoms with Crippen molar-refractivity contribution in [1.29, 1.82) is 0 Å². The SMILES string of the molecule is Fc1cccc(N2C[C@@H]3CON[C@@H]3C2)c1. The third-order valence-corrected chi connectivity index (χ3v) is 3.15. The van der Waals surface area contributed by atoms with E-state index in [-0.39, 0.29) is 5.82 Å². The molecule has 0 unspecified atom stereocenters. The molecule has 0 saturated carbocycles. The maximum absolute atomic E-state index is 13.0. The average molecular weight is 208 g/mol. The van der Waals surface area contributed by atoms with Crippen LogP contribution in [-0.4, -0.2) is 25.7 Å². The van der Waals surface area contributed by atoms with Crippen molar-refractivity contribution >= 4 is 5.69 Å². The molecule has 0 aliphatic carbocycles. The molecule has 0 bridgehead atoms. The van der Waals surface area contributed by atoms with Gasteiger partial charge in [-0.25, -0.2) is 4.39 Å². The molecule has 2 heterocycles. The number of fused-ring (bicyclic) bond motifs is 1. The van der Waals surface area contributed by atoms with Gasteiger partial charge in [0, 0.05) is 24.7 Å². The van der Waals surface area contributed by atoms with Crippen molar-refractivity contribution in [3.8, 4) is 0 Å². The van der Waals surface area contributed by atoms with E-state index in [9.17, 15) is 4.39 Å². The van der Waals surface area contributed by atoms with Gasteiger partial charge in [0.15, 0.2) is 0 Å². The Kier molecular flexibility index (Phi) is 2.11. The van der Waals surface area contributed by atoms with E-state index < -0.39 is 0 Å². The minimum absolute atomic E-state index is 0.172. The van der Waals surface area contributed by atoms with Crippen LogP contribution in [0.4, 0.5) is 10.1 Å². The van der Waals surface area contributed by atoms with E-state index in [1.54, 1.807) is 12.1 Å². The summed E-state index contributed by atoms with van der Waals surface area (Å²) in [5.74, 6) is 0.363. The van der Waals surface area contributed by atoms with E-state index in [0.29, 0.717) is 12.0 Å². The fraction of sp³-hybridized carbons (Fsp3) is 0.455. The van der Waals surface area contributed by atoms with Gasteiger partial charge in [0.2, 0.25) is 0 Å². The van der Waals surface area contributed by atoms with Gasteiger partial charge in [-0.05, 0) is 18.2 Å². The average Bonchev–Trinajstić information content (AvgIpc) is 2.76. The molecule has 2 aliphatic rings.